The summed E-state index contributed by atoms with van der Waals surface area (Å²) in [6.45, 7) is 3.58. The quantitative estimate of drug-likeness (QED) is 0.807. The first-order chi connectivity index (χ1) is 12.0. The van der Waals surface area contributed by atoms with Crippen molar-refractivity contribution in [3.05, 3.63) is 64.7 Å². The maximum atomic E-state index is 13.3. The number of benzene rings is 2. The van der Waals surface area contributed by atoms with Crippen molar-refractivity contribution in [3.8, 4) is 0 Å². The molecule has 0 bridgehead atoms. The molecule has 2 unspecified atom stereocenters. The van der Waals surface area contributed by atoms with Gasteiger partial charge in [0.1, 0.15) is 5.25 Å². The molecule has 1 fully saturated rings. The number of hydrogen-bond donors (Lipinski definition) is 0. The molecule has 0 N–H and O–H groups in total. The van der Waals surface area contributed by atoms with E-state index in [1.54, 1.807) is 12.1 Å². The number of sulfone groups is 1. The molecule has 4 nitrogen and oxygen atoms in total. The van der Waals surface area contributed by atoms with Gasteiger partial charge in [0.2, 0.25) is 0 Å². The van der Waals surface area contributed by atoms with E-state index in [1.165, 1.54) is 0 Å². The van der Waals surface area contributed by atoms with Crippen molar-refractivity contribution in [2.45, 2.75) is 16.2 Å². The molecule has 2 aromatic carbocycles. The molecule has 132 valence electrons. The lowest BCUT2D eigenvalue weighted by Crippen LogP contribution is -2.46. The van der Waals surface area contributed by atoms with Crippen LogP contribution in [0.5, 0.6) is 0 Å². The monoisotopic (exact) mass is 376 g/mol. The van der Waals surface area contributed by atoms with Gasteiger partial charge in [-0.1, -0.05) is 41.9 Å². The molecule has 0 amide bonds. The summed E-state index contributed by atoms with van der Waals surface area (Å²) in [5, 5.41) is 0.00682. The van der Waals surface area contributed by atoms with Crippen LogP contribution in [0.25, 0.3) is 0 Å². The van der Waals surface area contributed by atoms with E-state index >= 15 is 0 Å². The van der Waals surface area contributed by atoms with E-state index in [2.05, 4.69) is 16.8 Å². The number of nitrogens with zero attached hydrogens (tertiary/aromatic N) is 2. The molecule has 2 aromatic rings. The zero-order valence-electron chi connectivity index (χ0n) is 14.1. The van der Waals surface area contributed by atoms with Crippen molar-refractivity contribution >= 4 is 21.4 Å². The minimum Gasteiger partial charge on any atom is -0.304 e. The van der Waals surface area contributed by atoms with Gasteiger partial charge in [-0.15, -0.1) is 0 Å². The van der Waals surface area contributed by atoms with E-state index in [1.807, 2.05) is 36.4 Å². The number of likely N-dealkylation sites (N-methyl/N-ethyl adjacent to an activating group) is 1. The van der Waals surface area contributed by atoms with Crippen molar-refractivity contribution in [1.29, 1.82) is 0 Å². The van der Waals surface area contributed by atoms with Gasteiger partial charge in [-0.25, -0.2) is 8.42 Å². The number of fused-ring (bicyclic) bond motifs is 1. The van der Waals surface area contributed by atoms with E-state index in [0.29, 0.717) is 9.92 Å². The second kappa shape index (κ2) is 6.40. The summed E-state index contributed by atoms with van der Waals surface area (Å²) < 4.78 is 26.7. The van der Waals surface area contributed by atoms with Crippen LogP contribution in [0.2, 0.25) is 5.02 Å². The predicted octanol–water partition coefficient (Wildman–Crippen LogP) is 3.16. The Morgan fingerprint density at radius 2 is 1.68 bits per heavy atom. The molecule has 2 aliphatic heterocycles. The van der Waals surface area contributed by atoms with Gasteiger partial charge in [-0.05, 0) is 36.4 Å². The molecule has 2 aliphatic rings. The van der Waals surface area contributed by atoms with Crippen molar-refractivity contribution in [2.75, 3.05) is 33.2 Å². The van der Waals surface area contributed by atoms with Crippen molar-refractivity contribution in [2.24, 2.45) is 0 Å². The molecule has 0 saturated carbocycles. The first-order valence-corrected chi connectivity index (χ1v) is 10.4. The highest BCUT2D eigenvalue weighted by Gasteiger charge is 2.48. The molecule has 1 saturated heterocycles. The van der Waals surface area contributed by atoms with Crippen LogP contribution in [-0.4, -0.2) is 51.4 Å². The van der Waals surface area contributed by atoms with Crippen LogP contribution >= 0.6 is 11.6 Å². The van der Waals surface area contributed by atoms with Gasteiger partial charge in [0.15, 0.2) is 9.84 Å². The van der Waals surface area contributed by atoms with Crippen LogP contribution in [0.4, 0.5) is 0 Å². The van der Waals surface area contributed by atoms with Crippen molar-refractivity contribution in [1.82, 2.24) is 9.80 Å². The summed E-state index contributed by atoms with van der Waals surface area (Å²) in [5.74, 6) is 0. The highest BCUT2D eigenvalue weighted by molar-refractivity contribution is 7.92. The van der Waals surface area contributed by atoms with Crippen LogP contribution in [0.1, 0.15) is 22.4 Å². The molecule has 0 spiro atoms. The van der Waals surface area contributed by atoms with E-state index in [9.17, 15) is 8.42 Å². The van der Waals surface area contributed by atoms with E-state index in [4.69, 9.17) is 11.6 Å². The minimum atomic E-state index is -3.44. The number of rotatable bonds is 2. The van der Waals surface area contributed by atoms with Gasteiger partial charge in [-0.3, -0.25) is 4.90 Å². The van der Waals surface area contributed by atoms with Crippen LogP contribution in [0.15, 0.2) is 53.4 Å². The molecule has 2 atom stereocenters. The Balaban J connectivity index is 1.86. The fourth-order valence-electron chi connectivity index (χ4n) is 3.97. The molecule has 0 radical (unpaired) electrons. The van der Waals surface area contributed by atoms with Crippen LogP contribution in [-0.2, 0) is 9.84 Å². The topological polar surface area (TPSA) is 40.6 Å². The molecular formula is C19H21ClN2O2S. The van der Waals surface area contributed by atoms with Gasteiger partial charge in [-0.2, -0.15) is 0 Å². The fraction of sp³-hybridized carbons (Fsp3) is 0.368. The van der Waals surface area contributed by atoms with Gasteiger partial charge in [0.25, 0.3) is 0 Å². The second-order valence-electron chi connectivity index (χ2n) is 6.84. The maximum Gasteiger partial charge on any atom is 0.187 e. The standard InChI is InChI=1S/C19H21ClN2O2S/c1-21-9-11-22(12-10-21)18-16-13-15(20)7-8-17(16)25(23,24)19(18)14-5-3-2-4-6-14/h2-8,13,18-19H,9-12H2,1H3. The number of halogens is 1. The summed E-state index contributed by atoms with van der Waals surface area (Å²) >= 11 is 6.22. The Morgan fingerprint density at radius 1 is 1.00 bits per heavy atom. The Morgan fingerprint density at radius 3 is 2.36 bits per heavy atom. The van der Waals surface area contributed by atoms with Gasteiger partial charge in [0, 0.05) is 31.2 Å². The third-order valence-corrected chi connectivity index (χ3v) is 7.70. The van der Waals surface area contributed by atoms with Gasteiger partial charge < -0.3 is 4.90 Å². The van der Waals surface area contributed by atoms with E-state index in [0.717, 1.165) is 37.3 Å². The van der Waals surface area contributed by atoms with Crippen molar-refractivity contribution in [3.63, 3.8) is 0 Å². The summed E-state index contributed by atoms with van der Waals surface area (Å²) in [7, 11) is -1.34. The molecular weight excluding hydrogens is 356 g/mol. The largest absolute Gasteiger partial charge is 0.304 e. The average Bonchev–Trinajstić information content (AvgIpc) is 2.83. The van der Waals surface area contributed by atoms with Crippen LogP contribution in [0, 0.1) is 0 Å². The lowest BCUT2D eigenvalue weighted by molar-refractivity contribution is 0.109. The van der Waals surface area contributed by atoms with E-state index in [-0.39, 0.29) is 6.04 Å². The minimum absolute atomic E-state index is 0.185. The van der Waals surface area contributed by atoms with Crippen molar-refractivity contribution < 1.29 is 8.42 Å². The summed E-state index contributed by atoms with van der Waals surface area (Å²) in [6.07, 6.45) is 0. The normalized spacial score (nSPS) is 26.5. The Hall–Kier alpha value is -1.40. The smallest absolute Gasteiger partial charge is 0.187 e. The lowest BCUT2D eigenvalue weighted by atomic mass is 9.96. The molecule has 0 aromatic heterocycles. The molecule has 4 rings (SSSR count). The number of piperazine rings is 1. The average molecular weight is 377 g/mol. The third kappa shape index (κ3) is 2.89. The van der Waals surface area contributed by atoms with Gasteiger partial charge >= 0.3 is 0 Å². The summed E-state index contributed by atoms with van der Waals surface area (Å²) in [6, 6.07) is 14.5. The lowest BCUT2D eigenvalue weighted by Gasteiger charge is -2.38. The zero-order chi connectivity index (χ0) is 17.6. The Bertz CT molecular complexity index is 878. The molecule has 2 heterocycles. The first kappa shape index (κ1) is 17.0. The second-order valence-corrected chi connectivity index (χ2v) is 9.32. The first-order valence-electron chi connectivity index (χ1n) is 8.49. The molecule has 25 heavy (non-hydrogen) atoms. The van der Waals surface area contributed by atoms with Crippen LogP contribution in [0.3, 0.4) is 0 Å². The Labute approximate surface area is 153 Å². The Kier molecular flexibility index (Phi) is 4.36. The molecule has 6 heteroatoms. The highest BCUT2D eigenvalue weighted by Crippen LogP contribution is 2.51. The fourth-order valence-corrected chi connectivity index (χ4v) is 6.37. The maximum absolute atomic E-state index is 13.3. The summed E-state index contributed by atoms with van der Waals surface area (Å²) in [5.41, 5.74) is 1.68. The van der Waals surface area contributed by atoms with E-state index < -0.39 is 15.1 Å². The number of hydrogen-bond acceptors (Lipinski definition) is 4. The zero-order valence-corrected chi connectivity index (χ0v) is 15.7. The highest BCUT2D eigenvalue weighted by atomic mass is 35.5. The SMILES string of the molecule is CN1CCN(C2c3cc(Cl)ccc3S(=O)(=O)C2c2ccccc2)CC1. The summed E-state index contributed by atoms with van der Waals surface area (Å²) in [4.78, 5) is 5.00. The van der Waals surface area contributed by atoms with Crippen LogP contribution < -0.4 is 0 Å². The predicted molar refractivity (Wildman–Crippen MR) is 99.6 cm³/mol. The van der Waals surface area contributed by atoms with Gasteiger partial charge in [0.05, 0.1) is 10.9 Å². The molecule has 0 aliphatic carbocycles. The third-order valence-electron chi connectivity index (χ3n) is 5.28.